The van der Waals surface area contributed by atoms with Crippen LogP contribution >= 0.6 is 24.0 Å². The summed E-state index contributed by atoms with van der Waals surface area (Å²) in [6.07, 6.45) is 5.82. The molecule has 1 saturated heterocycles. The lowest BCUT2D eigenvalue weighted by Crippen LogP contribution is -2.50. The van der Waals surface area contributed by atoms with E-state index >= 15 is 0 Å². The highest BCUT2D eigenvalue weighted by Crippen LogP contribution is 2.49. The normalized spacial score (nSPS) is 21.9. The van der Waals surface area contributed by atoms with Crippen LogP contribution in [0.1, 0.15) is 70.6 Å². The number of furan rings is 1. The van der Waals surface area contributed by atoms with Crippen LogP contribution in [0.5, 0.6) is 11.5 Å². The van der Waals surface area contributed by atoms with E-state index in [1.807, 2.05) is 0 Å². The molecule has 0 spiro atoms. The number of primary amides is 1. The SMILES string of the molecule is COc1ccc(-c2cc(CCCNC(=O)[C@H](CC(N)=O)NC(=O)OC(C)(C)C)c(/C=C3\SC(=S)N([C@H]4C[C@H]5CC[C@H]4C5)C3=O)o2)c(O)c1. The van der Waals surface area contributed by atoms with Crippen LogP contribution in [0.25, 0.3) is 17.4 Å². The summed E-state index contributed by atoms with van der Waals surface area (Å²) in [5.41, 5.74) is 5.72. The van der Waals surface area contributed by atoms with E-state index in [9.17, 15) is 24.3 Å². The molecule has 0 unspecified atom stereocenters. The number of phenolic OH excluding ortho intramolecular Hbond substituents is 1. The van der Waals surface area contributed by atoms with Crippen LogP contribution in [0.15, 0.2) is 33.6 Å². The first kappa shape index (κ1) is 35.3. The summed E-state index contributed by atoms with van der Waals surface area (Å²) in [4.78, 5) is 52.7. The van der Waals surface area contributed by atoms with Crippen LogP contribution in [0.2, 0.25) is 0 Å². The number of hydrogen-bond donors (Lipinski definition) is 4. The van der Waals surface area contributed by atoms with Gasteiger partial charge in [-0.1, -0.05) is 30.4 Å². The van der Waals surface area contributed by atoms with Gasteiger partial charge in [-0.15, -0.1) is 0 Å². The number of aromatic hydroxyl groups is 1. The molecule has 14 heteroatoms. The quantitative estimate of drug-likeness (QED) is 0.136. The Kier molecular flexibility index (Phi) is 10.7. The zero-order chi connectivity index (χ0) is 34.7. The minimum atomic E-state index is -1.21. The molecule has 12 nitrogen and oxygen atoms in total. The van der Waals surface area contributed by atoms with E-state index in [4.69, 9.17) is 31.8 Å². The van der Waals surface area contributed by atoms with Gasteiger partial charge in [0.15, 0.2) is 0 Å². The second kappa shape index (κ2) is 14.6. The molecule has 3 aliphatic rings. The molecule has 2 heterocycles. The molecule has 2 aliphatic carbocycles. The van der Waals surface area contributed by atoms with Crippen molar-refractivity contribution in [2.45, 2.75) is 83.4 Å². The van der Waals surface area contributed by atoms with Crippen molar-refractivity contribution in [1.29, 1.82) is 0 Å². The van der Waals surface area contributed by atoms with Crippen LogP contribution in [-0.2, 0) is 25.5 Å². The first-order valence-corrected chi connectivity index (χ1v) is 17.3. The van der Waals surface area contributed by atoms with Gasteiger partial charge in [0.25, 0.3) is 5.91 Å². The smallest absolute Gasteiger partial charge is 0.408 e. The first-order chi connectivity index (χ1) is 22.7. The third-order valence-electron chi connectivity index (χ3n) is 8.77. The van der Waals surface area contributed by atoms with Gasteiger partial charge in [0.1, 0.15) is 39.0 Å². The van der Waals surface area contributed by atoms with E-state index in [1.165, 1.54) is 31.4 Å². The minimum Gasteiger partial charge on any atom is -0.507 e. The Morgan fingerprint density at radius 1 is 1.23 bits per heavy atom. The third-order valence-corrected chi connectivity index (χ3v) is 10.1. The van der Waals surface area contributed by atoms with Crippen molar-refractivity contribution in [1.82, 2.24) is 15.5 Å². The number of thioether (sulfide) groups is 1. The van der Waals surface area contributed by atoms with Crippen LogP contribution in [0, 0.1) is 11.8 Å². The van der Waals surface area contributed by atoms with Gasteiger partial charge in [0.2, 0.25) is 11.8 Å². The molecule has 1 aromatic heterocycles. The Bertz CT molecular complexity index is 1630. The lowest BCUT2D eigenvalue weighted by Gasteiger charge is -2.30. The molecule has 3 fully saturated rings. The number of carbonyl (C=O) groups excluding carboxylic acids is 4. The number of rotatable bonds is 12. The second-order valence-corrected chi connectivity index (χ2v) is 15.1. The van der Waals surface area contributed by atoms with Crippen LogP contribution in [0.3, 0.4) is 0 Å². The topological polar surface area (TPSA) is 173 Å². The van der Waals surface area contributed by atoms with Crippen LogP contribution in [-0.4, -0.2) is 69.5 Å². The van der Waals surface area contributed by atoms with E-state index in [0.717, 1.165) is 24.8 Å². The fourth-order valence-electron chi connectivity index (χ4n) is 6.63. The molecule has 4 amide bonds. The van der Waals surface area contributed by atoms with Crippen molar-refractivity contribution >= 4 is 58.2 Å². The molecular formula is C34H42N4O8S2. The number of nitrogens with two attached hydrogens (primary N) is 1. The van der Waals surface area contributed by atoms with Gasteiger partial charge in [0.05, 0.1) is 24.0 Å². The van der Waals surface area contributed by atoms with Crippen molar-refractivity contribution in [3.8, 4) is 22.8 Å². The monoisotopic (exact) mass is 698 g/mol. The molecular weight excluding hydrogens is 657 g/mol. The lowest BCUT2D eigenvalue weighted by atomic mass is 9.94. The van der Waals surface area contributed by atoms with Crippen molar-refractivity contribution in [2.75, 3.05) is 13.7 Å². The lowest BCUT2D eigenvalue weighted by molar-refractivity contribution is -0.127. The van der Waals surface area contributed by atoms with E-state index in [0.29, 0.717) is 56.7 Å². The summed E-state index contributed by atoms with van der Waals surface area (Å²) in [7, 11) is 1.51. The number of methoxy groups -OCH3 is 1. The van der Waals surface area contributed by atoms with Crippen molar-refractivity contribution in [3.63, 3.8) is 0 Å². The maximum absolute atomic E-state index is 13.7. The van der Waals surface area contributed by atoms with Gasteiger partial charge in [-0.05, 0) is 88.5 Å². The van der Waals surface area contributed by atoms with Crippen molar-refractivity contribution in [2.24, 2.45) is 17.6 Å². The zero-order valence-electron chi connectivity index (χ0n) is 27.5. The molecule has 1 aromatic carbocycles. The van der Waals surface area contributed by atoms with Gasteiger partial charge in [-0.3, -0.25) is 19.3 Å². The number of ether oxygens (including phenoxy) is 2. The molecule has 1 aliphatic heterocycles. The van der Waals surface area contributed by atoms with Gasteiger partial charge < -0.3 is 35.4 Å². The van der Waals surface area contributed by atoms with Crippen molar-refractivity contribution in [3.05, 3.63) is 40.5 Å². The van der Waals surface area contributed by atoms with Gasteiger partial charge in [-0.2, -0.15) is 0 Å². The van der Waals surface area contributed by atoms with E-state index in [1.54, 1.807) is 49.9 Å². The van der Waals surface area contributed by atoms with E-state index in [2.05, 4.69) is 10.6 Å². The highest BCUT2D eigenvalue weighted by Gasteiger charge is 2.48. The predicted molar refractivity (Wildman–Crippen MR) is 185 cm³/mol. The number of carbonyl (C=O) groups is 4. The standard InChI is InChI=1S/C34H42N4O8S2/c1-34(2,3)46-32(43)37-23(16-29(35)40)30(41)36-11-5-6-20-14-27(22-10-9-21(44-4)15-25(22)39)45-26(20)17-28-31(42)38(33(47)48-28)24-13-18-7-8-19(24)12-18/h9-10,14-15,17-19,23-24,39H,5-8,11-13,16H2,1-4H3,(H2,35,40)(H,36,41)(H,37,43)/b28-17-/t18-,19-,23-,24-/m0/s1. The van der Waals surface area contributed by atoms with Crippen molar-refractivity contribution < 1.29 is 38.2 Å². The second-order valence-electron chi connectivity index (χ2n) is 13.4. The summed E-state index contributed by atoms with van der Waals surface area (Å²) in [5, 5.41) is 15.9. The fraction of sp³-hybridized carbons (Fsp3) is 0.500. The number of thiocarbonyl (C=S) groups is 1. The summed E-state index contributed by atoms with van der Waals surface area (Å²) >= 11 is 6.94. The maximum Gasteiger partial charge on any atom is 0.408 e. The van der Waals surface area contributed by atoms with Crippen LogP contribution < -0.4 is 21.1 Å². The first-order valence-electron chi connectivity index (χ1n) is 16.0. The number of nitrogens with zero attached hydrogens (tertiary/aromatic N) is 1. The van der Waals surface area contributed by atoms with Gasteiger partial charge in [-0.25, -0.2) is 4.79 Å². The highest BCUT2D eigenvalue weighted by molar-refractivity contribution is 8.26. The summed E-state index contributed by atoms with van der Waals surface area (Å²) in [6, 6.07) is 5.61. The largest absolute Gasteiger partial charge is 0.507 e. The molecule has 5 rings (SSSR count). The Labute approximate surface area is 289 Å². The maximum atomic E-state index is 13.7. The Morgan fingerprint density at radius 2 is 2.00 bits per heavy atom. The number of hydrogen-bond acceptors (Lipinski definition) is 10. The van der Waals surface area contributed by atoms with E-state index in [-0.39, 0.29) is 24.2 Å². The fourth-order valence-corrected chi connectivity index (χ4v) is 7.97. The minimum absolute atomic E-state index is 0.0333. The molecule has 4 atom stereocenters. The van der Waals surface area contributed by atoms with Gasteiger partial charge in [0, 0.05) is 24.7 Å². The number of alkyl carbamates (subject to hydrolysis) is 1. The summed E-state index contributed by atoms with van der Waals surface area (Å²) in [5.74, 6) is 0.972. The number of benzene rings is 1. The molecule has 2 bridgehead atoms. The molecule has 2 aromatic rings. The highest BCUT2D eigenvalue weighted by atomic mass is 32.2. The predicted octanol–water partition coefficient (Wildman–Crippen LogP) is 4.87. The zero-order valence-corrected chi connectivity index (χ0v) is 29.1. The average molecular weight is 699 g/mol. The number of amides is 4. The van der Waals surface area contributed by atoms with Gasteiger partial charge >= 0.3 is 6.09 Å². The molecule has 48 heavy (non-hydrogen) atoms. The summed E-state index contributed by atoms with van der Waals surface area (Å²) < 4.78 is 17.2. The Hall–Kier alpha value is -4.04. The van der Waals surface area contributed by atoms with E-state index < -0.39 is 36.0 Å². The number of fused-ring (bicyclic) bond motifs is 2. The van der Waals surface area contributed by atoms with Crippen LogP contribution in [0.4, 0.5) is 4.79 Å². The summed E-state index contributed by atoms with van der Waals surface area (Å²) in [6.45, 7) is 5.25. The molecule has 5 N–H and O–H groups in total. The average Bonchev–Trinajstić information content (AvgIpc) is 3.78. The molecule has 258 valence electrons. The Balaban J connectivity index is 1.31. The number of aryl methyl sites for hydroxylation is 1. The number of phenols is 1. The molecule has 0 radical (unpaired) electrons. The third kappa shape index (κ3) is 8.32. The number of nitrogens with one attached hydrogen (secondary N) is 2. The molecule has 2 saturated carbocycles. The Morgan fingerprint density at radius 3 is 2.62 bits per heavy atom.